The number of hydrogen-bond acceptors (Lipinski definition) is 4. The van der Waals surface area contributed by atoms with Crippen LogP contribution in [0.4, 0.5) is 4.39 Å². The number of nitrogens with one attached hydrogen (secondary N) is 1. The van der Waals surface area contributed by atoms with E-state index in [-0.39, 0.29) is 11.9 Å². The van der Waals surface area contributed by atoms with Gasteiger partial charge in [-0.05, 0) is 63.0 Å². The Bertz CT molecular complexity index is 431. The normalized spacial score (nSPS) is 20.0. The van der Waals surface area contributed by atoms with E-state index in [9.17, 15) is 14.6 Å². The minimum Gasteiger partial charge on any atom is -0.392 e. The first-order chi connectivity index (χ1) is 10.5. The lowest BCUT2D eigenvalue weighted by Crippen LogP contribution is -2.40. The molecule has 2 unspecified atom stereocenters. The molecule has 0 aromatic heterocycles. The number of rotatable bonds is 7. The van der Waals surface area contributed by atoms with Crippen molar-refractivity contribution in [2.45, 2.75) is 32.0 Å². The van der Waals surface area contributed by atoms with Gasteiger partial charge in [-0.3, -0.25) is 0 Å². The number of halogens is 1. The minimum absolute atomic E-state index is 0.263. The van der Waals surface area contributed by atoms with Crippen LogP contribution >= 0.6 is 0 Å². The van der Waals surface area contributed by atoms with Gasteiger partial charge in [-0.25, -0.2) is 4.39 Å². The first kappa shape index (κ1) is 17.3. The van der Waals surface area contributed by atoms with Crippen molar-refractivity contribution in [1.29, 1.82) is 0 Å². The maximum absolute atomic E-state index is 12.8. The van der Waals surface area contributed by atoms with Crippen LogP contribution in [0.5, 0.6) is 0 Å². The Balaban J connectivity index is 1.64. The van der Waals surface area contributed by atoms with Crippen LogP contribution in [0.3, 0.4) is 0 Å². The van der Waals surface area contributed by atoms with E-state index in [1.54, 1.807) is 12.1 Å². The molecule has 1 heterocycles. The van der Waals surface area contributed by atoms with Crippen LogP contribution < -0.4 is 5.32 Å². The molecule has 5 heteroatoms. The fourth-order valence-corrected chi connectivity index (χ4v) is 2.97. The van der Waals surface area contributed by atoms with Crippen LogP contribution in [0.2, 0.25) is 0 Å². The maximum Gasteiger partial charge on any atom is 0.123 e. The second-order valence-corrected chi connectivity index (χ2v) is 6.32. The summed E-state index contributed by atoms with van der Waals surface area (Å²) in [6.07, 6.45) is 1.37. The van der Waals surface area contributed by atoms with Gasteiger partial charge in [-0.15, -0.1) is 0 Å². The van der Waals surface area contributed by atoms with Crippen molar-refractivity contribution in [3.05, 3.63) is 35.6 Å². The van der Waals surface area contributed by atoms with Gasteiger partial charge in [-0.1, -0.05) is 12.1 Å². The van der Waals surface area contributed by atoms with Gasteiger partial charge in [0.1, 0.15) is 5.82 Å². The molecular formula is C17H27FN2O2. The summed E-state index contributed by atoms with van der Waals surface area (Å²) < 4.78 is 12.8. The molecule has 1 aromatic carbocycles. The summed E-state index contributed by atoms with van der Waals surface area (Å²) >= 11 is 0. The van der Waals surface area contributed by atoms with E-state index >= 15 is 0 Å². The summed E-state index contributed by atoms with van der Waals surface area (Å²) in [7, 11) is 0. The summed E-state index contributed by atoms with van der Waals surface area (Å²) in [5, 5.41) is 22.8. The molecule has 0 saturated carbocycles. The summed E-state index contributed by atoms with van der Waals surface area (Å²) in [4.78, 5) is 2.30. The molecule has 124 valence electrons. The Kier molecular flexibility index (Phi) is 6.76. The molecule has 3 N–H and O–H groups in total. The zero-order valence-electron chi connectivity index (χ0n) is 13.2. The van der Waals surface area contributed by atoms with E-state index in [0.29, 0.717) is 12.5 Å². The molecule has 4 nitrogen and oxygen atoms in total. The molecule has 22 heavy (non-hydrogen) atoms. The van der Waals surface area contributed by atoms with Gasteiger partial charge >= 0.3 is 0 Å². The first-order valence-corrected chi connectivity index (χ1v) is 8.09. The Morgan fingerprint density at radius 1 is 1.23 bits per heavy atom. The number of hydrogen-bond donors (Lipinski definition) is 3. The molecule has 0 bridgehead atoms. The Morgan fingerprint density at radius 3 is 2.45 bits per heavy atom. The molecular weight excluding hydrogens is 283 g/mol. The molecule has 1 aliphatic heterocycles. The van der Waals surface area contributed by atoms with Crippen LogP contribution in [0.1, 0.15) is 31.4 Å². The van der Waals surface area contributed by atoms with E-state index in [1.807, 2.05) is 6.92 Å². The predicted molar refractivity (Wildman–Crippen MR) is 85.1 cm³/mol. The molecule has 1 aliphatic rings. The van der Waals surface area contributed by atoms with Crippen LogP contribution in [0.15, 0.2) is 24.3 Å². The van der Waals surface area contributed by atoms with Gasteiger partial charge in [0, 0.05) is 13.1 Å². The number of aliphatic hydroxyl groups excluding tert-OH is 2. The van der Waals surface area contributed by atoms with Crippen LogP contribution in [-0.4, -0.2) is 53.9 Å². The smallest absolute Gasteiger partial charge is 0.123 e. The summed E-state index contributed by atoms with van der Waals surface area (Å²) in [6, 6.07) is 5.99. The molecule has 2 rings (SSSR count). The van der Waals surface area contributed by atoms with Crippen molar-refractivity contribution in [1.82, 2.24) is 10.2 Å². The summed E-state index contributed by atoms with van der Waals surface area (Å²) in [6.45, 7) is 6.00. The Labute approximate surface area is 132 Å². The highest BCUT2D eigenvalue weighted by Gasteiger charge is 2.20. The van der Waals surface area contributed by atoms with Gasteiger partial charge in [0.05, 0.1) is 12.2 Å². The SMILES string of the molecule is CC(O)CN1CCC(CNCC(O)c2ccc(F)cc2)CC1. The minimum atomic E-state index is -0.601. The van der Waals surface area contributed by atoms with Gasteiger partial charge < -0.3 is 20.4 Å². The molecule has 0 radical (unpaired) electrons. The summed E-state index contributed by atoms with van der Waals surface area (Å²) in [5.74, 6) is 0.332. The highest BCUT2D eigenvalue weighted by atomic mass is 19.1. The average molecular weight is 310 g/mol. The van der Waals surface area contributed by atoms with Crippen LogP contribution in [0.25, 0.3) is 0 Å². The zero-order chi connectivity index (χ0) is 15.9. The molecule has 0 aliphatic carbocycles. The van der Waals surface area contributed by atoms with Gasteiger partial charge in [0.25, 0.3) is 0 Å². The van der Waals surface area contributed by atoms with E-state index in [4.69, 9.17) is 0 Å². The lowest BCUT2D eigenvalue weighted by atomic mass is 9.96. The van der Waals surface area contributed by atoms with Crippen molar-refractivity contribution in [3.8, 4) is 0 Å². The van der Waals surface area contributed by atoms with Crippen molar-refractivity contribution in [3.63, 3.8) is 0 Å². The first-order valence-electron chi connectivity index (χ1n) is 8.09. The Hall–Kier alpha value is -1.01. The monoisotopic (exact) mass is 310 g/mol. The molecule has 0 spiro atoms. The van der Waals surface area contributed by atoms with Gasteiger partial charge in [0.2, 0.25) is 0 Å². The third-order valence-corrected chi connectivity index (χ3v) is 4.26. The number of benzene rings is 1. The molecule has 1 fully saturated rings. The quantitative estimate of drug-likeness (QED) is 0.715. The maximum atomic E-state index is 12.8. The molecule has 1 saturated heterocycles. The predicted octanol–water partition coefficient (Wildman–Crippen LogP) is 1.54. The number of nitrogens with zero attached hydrogens (tertiary/aromatic N) is 1. The number of β-amino-alcohol motifs (C(OH)–C–C–N with tert-alkyl or cyclic N) is 1. The van der Waals surface area contributed by atoms with E-state index < -0.39 is 6.10 Å². The van der Waals surface area contributed by atoms with Crippen LogP contribution in [-0.2, 0) is 0 Å². The number of likely N-dealkylation sites (tertiary alicyclic amines) is 1. The lowest BCUT2D eigenvalue weighted by Gasteiger charge is -2.32. The van der Waals surface area contributed by atoms with Crippen molar-refractivity contribution in [2.24, 2.45) is 5.92 Å². The second-order valence-electron chi connectivity index (χ2n) is 6.32. The molecule has 1 aromatic rings. The zero-order valence-corrected chi connectivity index (χ0v) is 13.2. The van der Waals surface area contributed by atoms with E-state index in [1.165, 1.54) is 12.1 Å². The van der Waals surface area contributed by atoms with E-state index in [0.717, 1.165) is 44.6 Å². The second kappa shape index (κ2) is 8.58. The van der Waals surface area contributed by atoms with Crippen molar-refractivity contribution >= 4 is 0 Å². The van der Waals surface area contributed by atoms with Crippen molar-refractivity contribution < 1.29 is 14.6 Å². The largest absolute Gasteiger partial charge is 0.392 e. The van der Waals surface area contributed by atoms with Gasteiger partial charge in [0.15, 0.2) is 0 Å². The standard InChI is InChI=1S/C17H27FN2O2/c1-13(21)12-20-8-6-14(7-9-20)10-19-11-17(22)15-2-4-16(18)5-3-15/h2-5,13-14,17,19,21-22H,6-12H2,1H3. The summed E-state index contributed by atoms with van der Waals surface area (Å²) in [5.41, 5.74) is 0.737. The van der Waals surface area contributed by atoms with Crippen LogP contribution in [0, 0.1) is 11.7 Å². The fraction of sp³-hybridized carbons (Fsp3) is 0.647. The number of aliphatic hydroxyl groups is 2. The highest BCUT2D eigenvalue weighted by Crippen LogP contribution is 2.17. The van der Waals surface area contributed by atoms with Crippen molar-refractivity contribution in [2.75, 3.05) is 32.7 Å². The van der Waals surface area contributed by atoms with Gasteiger partial charge in [-0.2, -0.15) is 0 Å². The average Bonchev–Trinajstić information content (AvgIpc) is 2.49. The highest BCUT2D eigenvalue weighted by molar-refractivity contribution is 5.18. The topological polar surface area (TPSA) is 55.7 Å². The third-order valence-electron chi connectivity index (χ3n) is 4.26. The van der Waals surface area contributed by atoms with E-state index in [2.05, 4.69) is 10.2 Å². The lowest BCUT2D eigenvalue weighted by molar-refractivity contribution is 0.0984. The number of piperidine rings is 1. The fourth-order valence-electron chi connectivity index (χ4n) is 2.97. The third kappa shape index (κ3) is 5.65. The molecule has 2 atom stereocenters. The molecule has 0 amide bonds. The Morgan fingerprint density at radius 2 is 1.86 bits per heavy atom.